The summed E-state index contributed by atoms with van der Waals surface area (Å²) >= 11 is 6.76. The molecule has 1 aromatic heterocycles. The van der Waals surface area contributed by atoms with Crippen LogP contribution in [0.2, 0.25) is 5.15 Å². The number of hydrogen-bond donors (Lipinski definition) is 2. The van der Waals surface area contributed by atoms with E-state index < -0.39 is 6.04 Å². The van der Waals surface area contributed by atoms with Gasteiger partial charge < -0.3 is 10.6 Å². The molecule has 1 saturated heterocycles. The summed E-state index contributed by atoms with van der Waals surface area (Å²) in [7, 11) is 0. The minimum absolute atomic E-state index is 0.181. The van der Waals surface area contributed by atoms with Crippen molar-refractivity contribution >= 4 is 40.3 Å². The maximum absolute atomic E-state index is 11.6. The standard InChI is InChI=1S/C9H8ClN3O2S/c10-6-2-1-3-7(12-6)13-8(14)5-4-16-9(15)11-5/h1-3,5H,4H2,(H,11,15)(H,12,13,14). The van der Waals surface area contributed by atoms with Gasteiger partial charge in [0.2, 0.25) is 5.91 Å². The lowest BCUT2D eigenvalue weighted by Crippen LogP contribution is -2.38. The molecule has 0 saturated carbocycles. The van der Waals surface area contributed by atoms with Crippen LogP contribution in [-0.4, -0.2) is 27.9 Å². The number of carbonyl (C=O) groups is 2. The van der Waals surface area contributed by atoms with Gasteiger partial charge in [-0.15, -0.1) is 0 Å². The average Bonchev–Trinajstić information content (AvgIpc) is 2.65. The number of halogens is 1. The lowest BCUT2D eigenvalue weighted by atomic mass is 10.3. The Hall–Kier alpha value is -1.27. The zero-order valence-corrected chi connectivity index (χ0v) is 9.64. The molecule has 1 aromatic rings. The Balaban J connectivity index is 1.99. The van der Waals surface area contributed by atoms with Gasteiger partial charge in [-0.3, -0.25) is 9.59 Å². The molecule has 1 unspecified atom stereocenters. The lowest BCUT2D eigenvalue weighted by molar-refractivity contribution is -0.117. The molecule has 0 aliphatic carbocycles. The highest BCUT2D eigenvalue weighted by Gasteiger charge is 2.28. The minimum Gasteiger partial charge on any atom is -0.334 e. The van der Waals surface area contributed by atoms with E-state index in [1.807, 2.05) is 0 Å². The van der Waals surface area contributed by atoms with Crippen molar-refractivity contribution in [2.24, 2.45) is 0 Å². The van der Waals surface area contributed by atoms with Gasteiger partial charge in [0.1, 0.15) is 17.0 Å². The van der Waals surface area contributed by atoms with Gasteiger partial charge in [-0.1, -0.05) is 29.4 Å². The van der Waals surface area contributed by atoms with Crippen molar-refractivity contribution in [2.45, 2.75) is 6.04 Å². The normalized spacial score (nSPS) is 19.3. The first kappa shape index (κ1) is 11.2. The maximum Gasteiger partial charge on any atom is 0.279 e. The molecule has 0 bridgehead atoms. The van der Waals surface area contributed by atoms with Crippen LogP contribution in [-0.2, 0) is 4.79 Å². The Labute approximate surface area is 101 Å². The van der Waals surface area contributed by atoms with E-state index in [0.29, 0.717) is 16.7 Å². The molecular formula is C9H8ClN3O2S. The van der Waals surface area contributed by atoms with E-state index in [9.17, 15) is 9.59 Å². The third-order valence-corrected chi connectivity index (χ3v) is 3.05. The van der Waals surface area contributed by atoms with Gasteiger partial charge >= 0.3 is 0 Å². The molecule has 16 heavy (non-hydrogen) atoms. The molecule has 7 heteroatoms. The Morgan fingerprint density at radius 1 is 1.62 bits per heavy atom. The topological polar surface area (TPSA) is 71.1 Å². The van der Waals surface area contributed by atoms with Crippen LogP contribution in [0.25, 0.3) is 0 Å². The van der Waals surface area contributed by atoms with Gasteiger partial charge in [0.25, 0.3) is 5.24 Å². The predicted octanol–water partition coefficient (Wildman–Crippen LogP) is 1.50. The summed E-state index contributed by atoms with van der Waals surface area (Å²) in [4.78, 5) is 26.5. The van der Waals surface area contributed by atoms with E-state index in [0.717, 1.165) is 11.8 Å². The van der Waals surface area contributed by atoms with Crippen LogP contribution in [0.5, 0.6) is 0 Å². The minimum atomic E-state index is -0.502. The maximum atomic E-state index is 11.6. The zero-order chi connectivity index (χ0) is 11.5. The second-order valence-electron chi connectivity index (χ2n) is 3.13. The molecule has 1 atom stereocenters. The SMILES string of the molecule is O=C1NC(C(=O)Nc2cccc(Cl)n2)CS1. The van der Waals surface area contributed by atoms with Gasteiger partial charge in [-0.25, -0.2) is 4.98 Å². The number of hydrogen-bond acceptors (Lipinski definition) is 4. The summed E-state index contributed by atoms with van der Waals surface area (Å²) in [6.45, 7) is 0. The van der Waals surface area contributed by atoms with E-state index in [2.05, 4.69) is 15.6 Å². The molecule has 5 nitrogen and oxygen atoms in total. The first-order chi connectivity index (χ1) is 7.65. The van der Waals surface area contributed by atoms with Gasteiger partial charge in [0.15, 0.2) is 0 Å². The number of carbonyl (C=O) groups excluding carboxylic acids is 2. The summed E-state index contributed by atoms with van der Waals surface area (Å²) in [6, 6.07) is 4.43. The molecular weight excluding hydrogens is 250 g/mol. The van der Waals surface area contributed by atoms with Crippen molar-refractivity contribution in [2.75, 3.05) is 11.1 Å². The Kier molecular flexibility index (Phi) is 3.31. The molecule has 0 spiro atoms. The summed E-state index contributed by atoms with van der Waals surface area (Å²) in [5, 5.41) is 5.25. The summed E-state index contributed by atoms with van der Waals surface area (Å²) in [5.74, 6) is 0.530. The highest BCUT2D eigenvalue weighted by atomic mass is 35.5. The van der Waals surface area contributed by atoms with Gasteiger partial charge in [0, 0.05) is 5.75 Å². The zero-order valence-electron chi connectivity index (χ0n) is 8.07. The summed E-state index contributed by atoms with van der Waals surface area (Å²) in [6.07, 6.45) is 0. The molecule has 84 valence electrons. The average molecular weight is 258 g/mol. The van der Waals surface area contributed by atoms with Crippen molar-refractivity contribution in [1.29, 1.82) is 0 Å². The lowest BCUT2D eigenvalue weighted by Gasteiger charge is -2.09. The Morgan fingerprint density at radius 3 is 3.06 bits per heavy atom. The fourth-order valence-electron chi connectivity index (χ4n) is 1.22. The third-order valence-electron chi connectivity index (χ3n) is 1.96. The fraction of sp³-hybridized carbons (Fsp3) is 0.222. The molecule has 1 fully saturated rings. The molecule has 2 rings (SSSR count). The quantitative estimate of drug-likeness (QED) is 0.788. The number of thioether (sulfide) groups is 1. The summed E-state index contributed by atoms with van der Waals surface area (Å²) < 4.78 is 0. The molecule has 0 radical (unpaired) electrons. The van der Waals surface area contributed by atoms with Crippen LogP contribution < -0.4 is 10.6 Å². The molecule has 2 heterocycles. The van der Waals surface area contributed by atoms with Gasteiger partial charge in [-0.2, -0.15) is 0 Å². The van der Waals surface area contributed by atoms with Crippen LogP contribution in [0.4, 0.5) is 10.6 Å². The van der Waals surface area contributed by atoms with Crippen molar-refractivity contribution in [3.63, 3.8) is 0 Å². The Morgan fingerprint density at radius 2 is 2.44 bits per heavy atom. The molecule has 1 aliphatic rings. The first-order valence-electron chi connectivity index (χ1n) is 4.52. The molecule has 0 aromatic carbocycles. The van der Waals surface area contributed by atoms with E-state index in [-0.39, 0.29) is 11.1 Å². The van der Waals surface area contributed by atoms with Crippen LogP contribution in [0.1, 0.15) is 0 Å². The van der Waals surface area contributed by atoms with E-state index in [4.69, 9.17) is 11.6 Å². The highest BCUT2D eigenvalue weighted by molar-refractivity contribution is 8.14. The number of rotatable bonds is 2. The predicted molar refractivity (Wildman–Crippen MR) is 62.7 cm³/mol. The van der Waals surface area contributed by atoms with Crippen LogP contribution in [0.3, 0.4) is 0 Å². The van der Waals surface area contributed by atoms with E-state index in [1.54, 1.807) is 18.2 Å². The van der Waals surface area contributed by atoms with E-state index >= 15 is 0 Å². The van der Waals surface area contributed by atoms with Crippen LogP contribution in [0.15, 0.2) is 18.2 Å². The number of nitrogens with zero attached hydrogens (tertiary/aromatic N) is 1. The van der Waals surface area contributed by atoms with Crippen LogP contribution >= 0.6 is 23.4 Å². The monoisotopic (exact) mass is 257 g/mol. The number of aromatic nitrogens is 1. The highest BCUT2D eigenvalue weighted by Crippen LogP contribution is 2.15. The molecule has 2 N–H and O–H groups in total. The number of nitrogens with one attached hydrogen (secondary N) is 2. The summed E-state index contributed by atoms with van der Waals surface area (Å²) in [5.41, 5.74) is 0. The number of anilines is 1. The van der Waals surface area contributed by atoms with Crippen molar-refractivity contribution in [1.82, 2.24) is 10.3 Å². The second-order valence-corrected chi connectivity index (χ2v) is 4.51. The second kappa shape index (κ2) is 4.71. The Bertz CT molecular complexity index is 441. The third kappa shape index (κ3) is 2.65. The fourth-order valence-corrected chi connectivity index (χ4v) is 2.16. The van der Waals surface area contributed by atoms with E-state index in [1.165, 1.54) is 0 Å². The smallest absolute Gasteiger partial charge is 0.279 e. The van der Waals surface area contributed by atoms with Crippen molar-refractivity contribution in [3.8, 4) is 0 Å². The number of amides is 2. The van der Waals surface area contributed by atoms with Crippen LogP contribution in [0, 0.1) is 0 Å². The number of pyridine rings is 1. The van der Waals surface area contributed by atoms with Gasteiger partial charge in [0.05, 0.1) is 0 Å². The first-order valence-corrected chi connectivity index (χ1v) is 5.88. The largest absolute Gasteiger partial charge is 0.334 e. The van der Waals surface area contributed by atoms with Crippen molar-refractivity contribution < 1.29 is 9.59 Å². The molecule has 2 amide bonds. The molecule has 1 aliphatic heterocycles. The van der Waals surface area contributed by atoms with Gasteiger partial charge in [-0.05, 0) is 12.1 Å². The van der Waals surface area contributed by atoms with Crippen molar-refractivity contribution in [3.05, 3.63) is 23.4 Å².